The van der Waals surface area contributed by atoms with Crippen LogP contribution in [0.5, 0.6) is 5.75 Å². The summed E-state index contributed by atoms with van der Waals surface area (Å²) >= 11 is 19.6. The van der Waals surface area contributed by atoms with Crippen LogP contribution in [0, 0.1) is 0 Å². The van der Waals surface area contributed by atoms with Crippen LogP contribution in [0.2, 0.25) is 10.0 Å². The molecule has 4 rings (SSSR count). The van der Waals surface area contributed by atoms with Crippen molar-refractivity contribution >= 4 is 51.5 Å². The van der Waals surface area contributed by atoms with Gasteiger partial charge in [0.25, 0.3) is 0 Å². The van der Waals surface area contributed by atoms with E-state index in [1.807, 2.05) is 48.5 Å². The Morgan fingerprint density at radius 3 is 1.90 bits per heavy atom. The summed E-state index contributed by atoms with van der Waals surface area (Å²) in [7, 11) is 1.68. The van der Waals surface area contributed by atoms with E-state index in [1.54, 1.807) is 18.9 Å². The van der Waals surface area contributed by atoms with Gasteiger partial charge in [-0.2, -0.15) is 5.01 Å². The molecular weight excluding hydrogens is 455 g/mol. The van der Waals surface area contributed by atoms with Crippen molar-refractivity contribution in [1.29, 1.82) is 0 Å². The van der Waals surface area contributed by atoms with Crippen LogP contribution in [0.4, 0.5) is 0 Å². The van der Waals surface area contributed by atoms with Crippen molar-refractivity contribution in [2.24, 2.45) is 0 Å². The molecule has 0 saturated carbocycles. The lowest BCUT2D eigenvalue weighted by atomic mass is 10.1. The molecule has 1 heterocycles. The monoisotopic (exact) mass is 474 g/mol. The Hall–Kier alpha value is -1.76. The third-order valence-electron chi connectivity index (χ3n) is 4.91. The van der Waals surface area contributed by atoms with Crippen LogP contribution in [-0.4, -0.2) is 21.4 Å². The molecular formula is C23H20Cl2N2OS2. The van der Waals surface area contributed by atoms with Crippen LogP contribution in [0.1, 0.15) is 22.1 Å². The normalized spacial score (nSPS) is 16.8. The van der Waals surface area contributed by atoms with E-state index in [1.165, 1.54) is 11.1 Å². The molecule has 1 atom stereocenters. The largest absolute Gasteiger partial charge is 0.497 e. The standard InChI is InChI=1S/C23H20Cl2N2OS2/c1-28-21-12-6-18(7-13-21)22-26(14-16-2-8-19(24)9-3-16)27(23(29)30-22)15-17-4-10-20(25)11-5-17/h2-13,22H,14-15H2,1H3. The summed E-state index contributed by atoms with van der Waals surface area (Å²) in [5.74, 6) is 0.839. The molecule has 3 aromatic carbocycles. The summed E-state index contributed by atoms with van der Waals surface area (Å²) < 4.78 is 6.16. The molecule has 0 amide bonds. The SMILES string of the molecule is COc1ccc(C2SC(=S)N(Cc3ccc(Cl)cc3)N2Cc2ccc(Cl)cc2)cc1. The summed E-state index contributed by atoms with van der Waals surface area (Å²) in [5, 5.41) is 6.02. The zero-order valence-electron chi connectivity index (χ0n) is 16.3. The fourth-order valence-corrected chi connectivity index (χ4v) is 5.10. The Kier molecular flexibility index (Phi) is 6.86. The number of methoxy groups -OCH3 is 1. The van der Waals surface area contributed by atoms with Crippen molar-refractivity contribution in [3.8, 4) is 5.75 Å². The van der Waals surface area contributed by atoms with Gasteiger partial charge >= 0.3 is 0 Å². The number of benzene rings is 3. The molecule has 0 aromatic heterocycles. The highest BCUT2D eigenvalue weighted by Crippen LogP contribution is 2.44. The predicted octanol–water partition coefficient (Wildman–Crippen LogP) is 6.95. The minimum atomic E-state index is 0.0754. The number of thiocarbonyl (C=S) groups is 1. The number of hydrogen-bond donors (Lipinski definition) is 0. The number of nitrogens with zero attached hydrogens (tertiary/aromatic N) is 2. The van der Waals surface area contributed by atoms with E-state index in [4.69, 9.17) is 40.2 Å². The van der Waals surface area contributed by atoms with Crippen LogP contribution in [-0.2, 0) is 13.1 Å². The van der Waals surface area contributed by atoms with Crippen molar-refractivity contribution in [2.75, 3.05) is 7.11 Å². The van der Waals surface area contributed by atoms with E-state index in [-0.39, 0.29) is 5.37 Å². The van der Waals surface area contributed by atoms with Crippen LogP contribution in [0.25, 0.3) is 0 Å². The number of rotatable bonds is 6. The van der Waals surface area contributed by atoms with Crippen LogP contribution < -0.4 is 4.74 Å². The minimum absolute atomic E-state index is 0.0754. The van der Waals surface area contributed by atoms with Gasteiger partial charge in [-0.3, -0.25) is 5.01 Å². The molecule has 3 aromatic rings. The Balaban J connectivity index is 1.64. The summed E-state index contributed by atoms with van der Waals surface area (Å²) in [4.78, 5) is 0. The molecule has 7 heteroatoms. The van der Waals surface area contributed by atoms with Gasteiger partial charge in [0.2, 0.25) is 0 Å². The number of ether oxygens (including phenoxy) is 1. The summed E-state index contributed by atoms with van der Waals surface area (Å²) in [5.41, 5.74) is 3.50. The van der Waals surface area contributed by atoms with Crippen molar-refractivity contribution < 1.29 is 4.74 Å². The maximum atomic E-state index is 6.08. The Bertz CT molecular complexity index is 1010. The zero-order valence-corrected chi connectivity index (χ0v) is 19.4. The number of hydrazine groups is 1. The minimum Gasteiger partial charge on any atom is -0.497 e. The zero-order chi connectivity index (χ0) is 21.1. The molecule has 1 fully saturated rings. The predicted molar refractivity (Wildman–Crippen MR) is 130 cm³/mol. The first-order valence-corrected chi connectivity index (χ1v) is 11.5. The molecule has 3 nitrogen and oxygen atoms in total. The summed E-state index contributed by atoms with van der Waals surface area (Å²) in [6.45, 7) is 1.40. The highest BCUT2D eigenvalue weighted by Gasteiger charge is 2.37. The van der Waals surface area contributed by atoms with Crippen molar-refractivity contribution in [3.05, 3.63) is 99.5 Å². The smallest absolute Gasteiger partial charge is 0.153 e. The molecule has 0 bridgehead atoms. The van der Waals surface area contributed by atoms with Crippen LogP contribution in [0.3, 0.4) is 0 Å². The van der Waals surface area contributed by atoms with E-state index in [0.29, 0.717) is 13.1 Å². The maximum Gasteiger partial charge on any atom is 0.153 e. The molecule has 1 unspecified atom stereocenters. The van der Waals surface area contributed by atoms with E-state index in [0.717, 1.165) is 25.7 Å². The topological polar surface area (TPSA) is 15.7 Å². The molecule has 0 radical (unpaired) electrons. The van der Waals surface area contributed by atoms with E-state index in [2.05, 4.69) is 34.3 Å². The van der Waals surface area contributed by atoms with Gasteiger partial charge in [0.15, 0.2) is 4.32 Å². The number of hydrogen-bond acceptors (Lipinski definition) is 4. The van der Waals surface area contributed by atoms with Gasteiger partial charge in [-0.25, -0.2) is 0 Å². The average molecular weight is 475 g/mol. The van der Waals surface area contributed by atoms with Crippen LogP contribution >= 0.6 is 47.2 Å². The van der Waals surface area contributed by atoms with E-state index in [9.17, 15) is 0 Å². The third-order valence-corrected chi connectivity index (χ3v) is 7.06. The molecule has 154 valence electrons. The van der Waals surface area contributed by atoms with E-state index < -0.39 is 0 Å². The van der Waals surface area contributed by atoms with Crippen molar-refractivity contribution in [3.63, 3.8) is 0 Å². The van der Waals surface area contributed by atoms with Gasteiger partial charge in [0.05, 0.1) is 13.7 Å². The lowest BCUT2D eigenvalue weighted by Gasteiger charge is -2.32. The molecule has 1 aliphatic heterocycles. The lowest BCUT2D eigenvalue weighted by Crippen LogP contribution is -2.38. The molecule has 0 aliphatic carbocycles. The third kappa shape index (κ3) is 4.93. The molecule has 1 saturated heterocycles. The van der Waals surface area contributed by atoms with Gasteiger partial charge in [0, 0.05) is 16.6 Å². The first-order valence-electron chi connectivity index (χ1n) is 9.41. The van der Waals surface area contributed by atoms with Gasteiger partial charge in [-0.15, -0.1) is 0 Å². The fraction of sp³-hybridized carbons (Fsp3) is 0.174. The fourth-order valence-electron chi connectivity index (χ4n) is 3.32. The van der Waals surface area contributed by atoms with Crippen molar-refractivity contribution in [2.45, 2.75) is 18.5 Å². The molecule has 1 aliphatic rings. The molecule has 30 heavy (non-hydrogen) atoms. The Labute approximate surface area is 196 Å². The number of halogens is 2. The quantitative estimate of drug-likeness (QED) is 0.358. The average Bonchev–Trinajstić information content (AvgIpc) is 3.06. The van der Waals surface area contributed by atoms with Gasteiger partial charge in [-0.1, -0.05) is 83.6 Å². The molecule has 0 spiro atoms. The summed E-state index contributed by atoms with van der Waals surface area (Å²) in [6.07, 6.45) is 0. The Morgan fingerprint density at radius 1 is 0.833 bits per heavy atom. The van der Waals surface area contributed by atoms with Crippen molar-refractivity contribution in [1.82, 2.24) is 10.0 Å². The highest BCUT2D eigenvalue weighted by atomic mass is 35.5. The lowest BCUT2D eigenvalue weighted by molar-refractivity contribution is 0.0306. The van der Waals surface area contributed by atoms with Gasteiger partial charge in [0.1, 0.15) is 11.1 Å². The second-order valence-corrected chi connectivity index (χ2v) is 9.50. The highest BCUT2D eigenvalue weighted by molar-refractivity contribution is 8.23. The Morgan fingerprint density at radius 2 is 1.37 bits per heavy atom. The maximum absolute atomic E-state index is 6.08. The second kappa shape index (κ2) is 9.58. The first kappa shape index (κ1) is 21.5. The van der Waals surface area contributed by atoms with Gasteiger partial charge in [-0.05, 0) is 53.1 Å². The van der Waals surface area contributed by atoms with Gasteiger partial charge < -0.3 is 4.74 Å². The summed E-state index contributed by atoms with van der Waals surface area (Å²) in [6, 6.07) is 24.0. The van der Waals surface area contributed by atoms with Crippen LogP contribution in [0.15, 0.2) is 72.8 Å². The second-order valence-electron chi connectivity index (χ2n) is 6.92. The first-order chi connectivity index (χ1) is 14.5. The number of thioether (sulfide) groups is 1. The molecule has 0 N–H and O–H groups in total. The van der Waals surface area contributed by atoms with E-state index >= 15 is 0 Å².